The summed E-state index contributed by atoms with van der Waals surface area (Å²) in [7, 11) is 0. The number of carbonyl (C=O) groups is 1. The number of benzene rings is 2. The fourth-order valence-electron chi connectivity index (χ4n) is 2.80. The van der Waals surface area contributed by atoms with Gasteiger partial charge in [-0.2, -0.15) is 0 Å². The minimum Gasteiger partial charge on any atom is -0.488 e. The van der Waals surface area contributed by atoms with Gasteiger partial charge in [0.05, 0.1) is 17.1 Å². The number of fused-ring (bicyclic) bond motifs is 1. The molecule has 1 amide bonds. The molecule has 0 saturated heterocycles. The number of amides is 1. The zero-order chi connectivity index (χ0) is 18.0. The SMILES string of the molecule is CC1(C)Cc2cccc(OCCNC(=O)c3ccc(Cl)cc3Cl)c2O1. The van der Waals surface area contributed by atoms with Crippen LogP contribution in [0.15, 0.2) is 36.4 Å². The molecule has 0 bridgehead atoms. The van der Waals surface area contributed by atoms with Gasteiger partial charge >= 0.3 is 0 Å². The van der Waals surface area contributed by atoms with Gasteiger partial charge in [-0.05, 0) is 38.1 Å². The van der Waals surface area contributed by atoms with E-state index in [0.29, 0.717) is 34.5 Å². The first-order valence-corrected chi connectivity index (χ1v) is 8.78. The molecule has 25 heavy (non-hydrogen) atoms. The molecule has 0 unspecified atom stereocenters. The van der Waals surface area contributed by atoms with Gasteiger partial charge in [0.15, 0.2) is 11.5 Å². The second-order valence-electron chi connectivity index (χ2n) is 6.51. The van der Waals surface area contributed by atoms with Crippen LogP contribution in [0, 0.1) is 0 Å². The number of carbonyl (C=O) groups excluding carboxylic acids is 1. The van der Waals surface area contributed by atoms with Gasteiger partial charge < -0.3 is 14.8 Å². The minimum absolute atomic E-state index is 0.221. The predicted molar refractivity (Wildman–Crippen MR) is 99.1 cm³/mol. The average Bonchev–Trinajstić information content (AvgIpc) is 2.86. The summed E-state index contributed by atoms with van der Waals surface area (Å²) in [5.41, 5.74) is 1.30. The number of hydrogen-bond donors (Lipinski definition) is 1. The minimum atomic E-state index is -0.263. The molecule has 1 heterocycles. The van der Waals surface area contributed by atoms with E-state index < -0.39 is 0 Å². The van der Waals surface area contributed by atoms with Crippen LogP contribution in [-0.4, -0.2) is 24.7 Å². The molecule has 132 valence electrons. The summed E-state index contributed by atoms with van der Waals surface area (Å²) in [5, 5.41) is 3.59. The van der Waals surface area contributed by atoms with Gasteiger partial charge in [0.2, 0.25) is 0 Å². The third-order valence-corrected chi connectivity index (χ3v) is 4.42. The van der Waals surface area contributed by atoms with Crippen LogP contribution in [0.5, 0.6) is 11.5 Å². The molecule has 1 N–H and O–H groups in total. The molecule has 0 aromatic heterocycles. The van der Waals surface area contributed by atoms with Gasteiger partial charge in [-0.25, -0.2) is 0 Å². The quantitative estimate of drug-likeness (QED) is 0.777. The zero-order valence-corrected chi connectivity index (χ0v) is 15.6. The Labute approximate surface area is 157 Å². The van der Waals surface area contributed by atoms with Crippen LogP contribution in [0.4, 0.5) is 0 Å². The molecule has 0 spiro atoms. The van der Waals surface area contributed by atoms with E-state index in [4.69, 9.17) is 32.7 Å². The lowest BCUT2D eigenvalue weighted by Crippen LogP contribution is -2.28. The van der Waals surface area contributed by atoms with E-state index in [1.54, 1.807) is 18.2 Å². The van der Waals surface area contributed by atoms with Gasteiger partial charge in [0, 0.05) is 17.0 Å². The number of para-hydroxylation sites is 1. The highest BCUT2D eigenvalue weighted by Crippen LogP contribution is 2.41. The molecule has 3 rings (SSSR count). The lowest BCUT2D eigenvalue weighted by molar-refractivity contribution is 0.0946. The third-order valence-electron chi connectivity index (χ3n) is 3.88. The first-order chi connectivity index (χ1) is 11.9. The fourth-order valence-corrected chi connectivity index (χ4v) is 3.29. The van der Waals surface area contributed by atoms with Crippen molar-refractivity contribution >= 4 is 29.1 Å². The molecular formula is C19H19Cl2NO3. The van der Waals surface area contributed by atoms with E-state index in [-0.39, 0.29) is 11.5 Å². The zero-order valence-electron chi connectivity index (χ0n) is 14.1. The lowest BCUT2D eigenvalue weighted by Gasteiger charge is -2.18. The van der Waals surface area contributed by atoms with Crippen molar-refractivity contribution < 1.29 is 14.3 Å². The normalized spacial score (nSPS) is 14.6. The van der Waals surface area contributed by atoms with Crippen molar-refractivity contribution in [1.82, 2.24) is 5.32 Å². The van der Waals surface area contributed by atoms with Crippen LogP contribution in [0.3, 0.4) is 0 Å². The Balaban J connectivity index is 1.55. The van der Waals surface area contributed by atoms with Crippen molar-refractivity contribution in [2.45, 2.75) is 25.9 Å². The largest absolute Gasteiger partial charge is 0.488 e. The summed E-state index contributed by atoms with van der Waals surface area (Å²) >= 11 is 11.9. The van der Waals surface area contributed by atoms with Crippen molar-refractivity contribution in [2.75, 3.05) is 13.2 Å². The van der Waals surface area contributed by atoms with Gasteiger partial charge in [0.25, 0.3) is 5.91 Å². The molecule has 2 aromatic rings. The van der Waals surface area contributed by atoms with E-state index in [9.17, 15) is 4.79 Å². The highest BCUT2D eigenvalue weighted by Gasteiger charge is 2.32. The van der Waals surface area contributed by atoms with Crippen LogP contribution in [0.2, 0.25) is 10.0 Å². The Bertz CT molecular complexity index is 805. The number of ether oxygens (including phenoxy) is 2. The first-order valence-electron chi connectivity index (χ1n) is 8.03. The number of rotatable bonds is 5. The molecule has 0 atom stereocenters. The molecule has 0 aliphatic carbocycles. The fraction of sp³-hybridized carbons (Fsp3) is 0.316. The van der Waals surface area contributed by atoms with Crippen LogP contribution in [-0.2, 0) is 6.42 Å². The molecule has 1 aliphatic heterocycles. The predicted octanol–water partition coefficient (Wildman–Crippen LogP) is 4.52. The Hall–Kier alpha value is -1.91. The second kappa shape index (κ2) is 7.14. The van der Waals surface area contributed by atoms with Crippen LogP contribution >= 0.6 is 23.2 Å². The summed E-state index contributed by atoms with van der Waals surface area (Å²) in [5.74, 6) is 1.22. The van der Waals surface area contributed by atoms with Crippen molar-refractivity contribution in [3.63, 3.8) is 0 Å². The van der Waals surface area contributed by atoms with Crippen molar-refractivity contribution in [3.05, 3.63) is 57.6 Å². The smallest absolute Gasteiger partial charge is 0.252 e. The molecule has 4 nitrogen and oxygen atoms in total. The van der Waals surface area contributed by atoms with Crippen molar-refractivity contribution in [1.29, 1.82) is 0 Å². The Morgan fingerprint density at radius 2 is 2.08 bits per heavy atom. The highest BCUT2D eigenvalue weighted by atomic mass is 35.5. The molecule has 0 saturated carbocycles. The van der Waals surface area contributed by atoms with E-state index >= 15 is 0 Å². The molecular weight excluding hydrogens is 361 g/mol. The average molecular weight is 380 g/mol. The van der Waals surface area contributed by atoms with E-state index in [0.717, 1.165) is 17.7 Å². The Morgan fingerprint density at radius 3 is 2.84 bits per heavy atom. The molecule has 0 fully saturated rings. The van der Waals surface area contributed by atoms with Crippen molar-refractivity contribution in [3.8, 4) is 11.5 Å². The summed E-state index contributed by atoms with van der Waals surface area (Å²) < 4.78 is 11.7. The standard InChI is InChI=1S/C19H19Cl2NO3/c1-19(2)11-12-4-3-5-16(17(12)25-19)24-9-8-22-18(23)14-7-6-13(20)10-15(14)21/h3-7,10H,8-9,11H2,1-2H3,(H,22,23). The maximum absolute atomic E-state index is 12.1. The van der Waals surface area contributed by atoms with Gasteiger partial charge in [-0.15, -0.1) is 0 Å². The van der Waals surface area contributed by atoms with E-state index in [2.05, 4.69) is 5.32 Å². The Kier molecular flexibility index (Phi) is 5.11. The monoisotopic (exact) mass is 379 g/mol. The van der Waals surface area contributed by atoms with Crippen LogP contribution in [0.1, 0.15) is 29.8 Å². The first kappa shape index (κ1) is 17.9. The molecule has 1 aliphatic rings. The maximum atomic E-state index is 12.1. The molecule has 6 heteroatoms. The van der Waals surface area contributed by atoms with Crippen LogP contribution in [0.25, 0.3) is 0 Å². The summed E-state index contributed by atoms with van der Waals surface area (Å²) in [6.45, 7) is 4.78. The molecule has 0 radical (unpaired) electrons. The second-order valence-corrected chi connectivity index (χ2v) is 7.36. The van der Waals surface area contributed by atoms with E-state index in [1.807, 2.05) is 32.0 Å². The summed E-state index contributed by atoms with van der Waals surface area (Å²) in [6.07, 6.45) is 0.853. The van der Waals surface area contributed by atoms with Crippen molar-refractivity contribution in [2.24, 2.45) is 0 Å². The third kappa shape index (κ3) is 4.20. The summed E-state index contributed by atoms with van der Waals surface area (Å²) in [6, 6.07) is 10.6. The number of nitrogens with one attached hydrogen (secondary N) is 1. The van der Waals surface area contributed by atoms with E-state index in [1.165, 1.54) is 0 Å². The summed E-state index contributed by atoms with van der Waals surface area (Å²) in [4.78, 5) is 12.1. The molecule has 2 aromatic carbocycles. The number of halogens is 2. The lowest BCUT2D eigenvalue weighted by atomic mass is 10.0. The van der Waals surface area contributed by atoms with Gasteiger partial charge in [-0.3, -0.25) is 4.79 Å². The topological polar surface area (TPSA) is 47.6 Å². The Morgan fingerprint density at radius 1 is 1.28 bits per heavy atom. The van der Waals surface area contributed by atoms with Crippen LogP contribution < -0.4 is 14.8 Å². The van der Waals surface area contributed by atoms with Gasteiger partial charge in [0.1, 0.15) is 12.2 Å². The highest BCUT2D eigenvalue weighted by molar-refractivity contribution is 6.36. The van der Waals surface area contributed by atoms with Gasteiger partial charge in [-0.1, -0.05) is 35.3 Å². The number of hydrogen-bond acceptors (Lipinski definition) is 3. The maximum Gasteiger partial charge on any atom is 0.252 e.